The van der Waals surface area contributed by atoms with Crippen LogP contribution < -0.4 is 10.5 Å². The van der Waals surface area contributed by atoms with Gasteiger partial charge in [-0.25, -0.2) is 8.78 Å². The fraction of sp³-hybridized carbons (Fsp3) is 0.545. The van der Waals surface area contributed by atoms with E-state index < -0.39 is 11.6 Å². The molecule has 0 bridgehead atoms. The van der Waals surface area contributed by atoms with Crippen LogP contribution in [0, 0.1) is 17.6 Å². The average molecular weight is 230 g/mol. The predicted molar refractivity (Wildman–Crippen MR) is 58.1 cm³/mol. The van der Waals surface area contributed by atoms with E-state index >= 15 is 0 Å². The van der Waals surface area contributed by atoms with Gasteiger partial charge in [0.05, 0.1) is 6.10 Å². The molecule has 90 valence electrons. The van der Waals surface area contributed by atoms with Gasteiger partial charge in [-0.05, 0) is 19.3 Å². The Kier molecular flexibility index (Phi) is 4.04. The van der Waals surface area contributed by atoms with E-state index in [4.69, 9.17) is 10.5 Å². The lowest BCUT2D eigenvalue weighted by Crippen LogP contribution is -2.16. The molecular formula is C11H16F2N2O. The number of pyridine rings is 1. The van der Waals surface area contributed by atoms with Crippen LogP contribution in [0.15, 0.2) is 6.07 Å². The Hall–Kier alpha value is -1.39. The summed E-state index contributed by atoms with van der Waals surface area (Å²) in [6, 6.07) is 0.680. The first-order valence-corrected chi connectivity index (χ1v) is 5.18. The van der Waals surface area contributed by atoms with E-state index in [1.807, 2.05) is 13.8 Å². The standard InChI is InChI=1S/C11H16F2N2O/c1-6(2)4-7(3)16-11-9(13)5-8(12)10(14)15-11/h5-7H,4H2,1-3H3,(H2,14,15). The highest BCUT2D eigenvalue weighted by Gasteiger charge is 2.14. The monoisotopic (exact) mass is 230 g/mol. The summed E-state index contributed by atoms with van der Waals surface area (Å²) in [5.41, 5.74) is 5.23. The minimum Gasteiger partial charge on any atom is -0.473 e. The van der Waals surface area contributed by atoms with Gasteiger partial charge in [0.2, 0.25) is 0 Å². The molecule has 1 rings (SSSR count). The third-order valence-electron chi connectivity index (χ3n) is 2.04. The Bertz CT molecular complexity index is 369. The lowest BCUT2D eigenvalue weighted by atomic mass is 10.1. The first-order chi connectivity index (χ1) is 7.40. The molecule has 3 nitrogen and oxygen atoms in total. The second-order valence-corrected chi connectivity index (χ2v) is 4.20. The molecule has 1 atom stereocenters. The van der Waals surface area contributed by atoms with Gasteiger partial charge in [0.25, 0.3) is 5.88 Å². The molecule has 0 aromatic carbocycles. The Morgan fingerprint density at radius 2 is 1.94 bits per heavy atom. The molecule has 0 saturated heterocycles. The summed E-state index contributed by atoms with van der Waals surface area (Å²) in [5.74, 6) is -1.88. The molecule has 0 saturated carbocycles. The quantitative estimate of drug-likeness (QED) is 0.865. The lowest BCUT2D eigenvalue weighted by Gasteiger charge is -2.16. The summed E-state index contributed by atoms with van der Waals surface area (Å²) >= 11 is 0. The van der Waals surface area contributed by atoms with Gasteiger partial charge in [-0.2, -0.15) is 4.98 Å². The molecular weight excluding hydrogens is 214 g/mol. The Morgan fingerprint density at radius 1 is 1.31 bits per heavy atom. The van der Waals surface area contributed by atoms with Crippen molar-refractivity contribution in [3.8, 4) is 5.88 Å². The van der Waals surface area contributed by atoms with Crippen LogP contribution in [0.1, 0.15) is 27.2 Å². The molecule has 0 amide bonds. The summed E-state index contributed by atoms with van der Waals surface area (Å²) in [6.07, 6.45) is 0.574. The zero-order valence-electron chi connectivity index (χ0n) is 9.63. The van der Waals surface area contributed by atoms with E-state index in [0.717, 1.165) is 6.42 Å². The fourth-order valence-corrected chi connectivity index (χ4v) is 1.45. The van der Waals surface area contributed by atoms with Crippen LogP contribution in [-0.4, -0.2) is 11.1 Å². The van der Waals surface area contributed by atoms with E-state index in [1.165, 1.54) is 0 Å². The number of ether oxygens (including phenoxy) is 1. The number of aromatic nitrogens is 1. The summed E-state index contributed by atoms with van der Waals surface area (Å²) in [6.45, 7) is 5.87. The van der Waals surface area contributed by atoms with E-state index in [1.54, 1.807) is 6.92 Å². The first-order valence-electron chi connectivity index (χ1n) is 5.18. The fourth-order valence-electron chi connectivity index (χ4n) is 1.45. The maximum absolute atomic E-state index is 13.2. The van der Waals surface area contributed by atoms with Crippen LogP contribution in [0.5, 0.6) is 5.88 Å². The molecule has 0 spiro atoms. The maximum Gasteiger partial charge on any atom is 0.252 e. The van der Waals surface area contributed by atoms with Crippen LogP contribution in [0.3, 0.4) is 0 Å². The van der Waals surface area contributed by atoms with Gasteiger partial charge in [0.15, 0.2) is 17.5 Å². The Labute approximate surface area is 93.6 Å². The van der Waals surface area contributed by atoms with E-state index in [0.29, 0.717) is 12.0 Å². The second kappa shape index (κ2) is 5.09. The van der Waals surface area contributed by atoms with Gasteiger partial charge >= 0.3 is 0 Å². The SMILES string of the molecule is CC(C)CC(C)Oc1nc(N)c(F)cc1F. The van der Waals surface area contributed by atoms with Crippen LogP contribution in [0.4, 0.5) is 14.6 Å². The van der Waals surface area contributed by atoms with Crippen LogP contribution in [0.2, 0.25) is 0 Å². The van der Waals surface area contributed by atoms with E-state index in [-0.39, 0.29) is 17.8 Å². The molecule has 1 unspecified atom stereocenters. The van der Waals surface area contributed by atoms with Crippen LogP contribution in [0.25, 0.3) is 0 Å². The molecule has 1 heterocycles. The van der Waals surface area contributed by atoms with Crippen molar-refractivity contribution in [1.82, 2.24) is 4.98 Å². The number of rotatable bonds is 4. The van der Waals surface area contributed by atoms with Gasteiger partial charge < -0.3 is 10.5 Å². The molecule has 1 aromatic heterocycles. The van der Waals surface area contributed by atoms with E-state index in [9.17, 15) is 8.78 Å². The highest BCUT2D eigenvalue weighted by Crippen LogP contribution is 2.21. The molecule has 16 heavy (non-hydrogen) atoms. The zero-order chi connectivity index (χ0) is 12.3. The third kappa shape index (κ3) is 3.32. The predicted octanol–water partition coefficient (Wildman–Crippen LogP) is 2.76. The van der Waals surface area contributed by atoms with Crippen molar-refractivity contribution in [2.45, 2.75) is 33.3 Å². The normalized spacial score (nSPS) is 12.9. The van der Waals surface area contributed by atoms with Gasteiger partial charge in [-0.15, -0.1) is 0 Å². The molecule has 0 aliphatic carbocycles. The largest absolute Gasteiger partial charge is 0.473 e. The number of nitrogens with two attached hydrogens (primary N) is 1. The van der Waals surface area contributed by atoms with Crippen molar-refractivity contribution in [1.29, 1.82) is 0 Å². The van der Waals surface area contributed by atoms with Crippen molar-refractivity contribution in [3.05, 3.63) is 17.7 Å². The first kappa shape index (κ1) is 12.7. The molecule has 0 radical (unpaired) electrons. The number of hydrogen-bond acceptors (Lipinski definition) is 3. The number of anilines is 1. The smallest absolute Gasteiger partial charge is 0.252 e. The van der Waals surface area contributed by atoms with Crippen LogP contribution >= 0.6 is 0 Å². The van der Waals surface area contributed by atoms with Crippen molar-refractivity contribution in [3.63, 3.8) is 0 Å². The van der Waals surface area contributed by atoms with Crippen LogP contribution in [-0.2, 0) is 0 Å². The Morgan fingerprint density at radius 3 is 2.50 bits per heavy atom. The lowest BCUT2D eigenvalue weighted by molar-refractivity contribution is 0.177. The van der Waals surface area contributed by atoms with Crippen molar-refractivity contribution >= 4 is 5.82 Å². The zero-order valence-corrected chi connectivity index (χ0v) is 9.63. The second-order valence-electron chi connectivity index (χ2n) is 4.20. The van der Waals surface area contributed by atoms with Gasteiger partial charge in [-0.1, -0.05) is 13.8 Å². The van der Waals surface area contributed by atoms with Crippen molar-refractivity contribution in [2.75, 3.05) is 5.73 Å². The number of halogens is 2. The molecule has 5 heteroatoms. The maximum atomic E-state index is 13.2. The molecule has 0 fully saturated rings. The van der Waals surface area contributed by atoms with Crippen molar-refractivity contribution < 1.29 is 13.5 Å². The third-order valence-corrected chi connectivity index (χ3v) is 2.04. The number of hydrogen-bond donors (Lipinski definition) is 1. The van der Waals surface area contributed by atoms with E-state index in [2.05, 4.69) is 4.98 Å². The highest BCUT2D eigenvalue weighted by molar-refractivity contribution is 5.34. The summed E-state index contributed by atoms with van der Waals surface area (Å²) in [7, 11) is 0. The number of nitrogen functional groups attached to an aromatic ring is 1. The molecule has 2 N–H and O–H groups in total. The van der Waals surface area contributed by atoms with Gasteiger partial charge in [0, 0.05) is 6.07 Å². The van der Waals surface area contributed by atoms with Crippen molar-refractivity contribution in [2.24, 2.45) is 5.92 Å². The summed E-state index contributed by atoms with van der Waals surface area (Å²) in [5, 5.41) is 0. The molecule has 0 aliphatic rings. The highest BCUT2D eigenvalue weighted by atomic mass is 19.1. The minimum absolute atomic E-state index is 0.188. The molecule has 1 aromatic rings. The molecule has 0 aliphatic heterocycles. The summed E-state index contributed by atoms with van der Waals surface area (Å²) < 4.78 is 31.3. The minimum atomic E-state index is -0.874. The Balaban J connectivity index is 2.77. The van der Waals surface area contributed by atoms with Gasteiger partial charge in [-0.3, -0.25) is 0 Å². The summed E-state index contributed by atoms with van der Waals surface area (Å²) in [4.78, 5) is 3.53. The average Bonchev–Trinajstić information content (AvgIpc) is 2.12. The topological polar surface area (TPSA) is 48.1 Å². The number of nitrogens with zero attached hydrogens (tertiary/aromatic N) is 1. The van der Waals surface area contributed by atoms with Gasteiger partial charge in [0.1, 0.15) is 0 Å².